The Morgan fingerprint density at radius 2 is 1.79 bits per heavy atom. The molecular formula is C13H10F3NO2. The summed E-state index contributed by atoms with van der Waals surface area (Å²) in [4.78, 5) is 14.3. The van der Waals surface area contributed by atoms with Crippen LogP contribution in [0.15, 0.2) is 30.0 Å². The maximum Gasteiger partial charge on any atom is 0.416 e. The van der Waals surface area contributed by atoms with Crippen LogP contribution in [0, 0.1) is 6.57 Å². The fourth-order valence-electron chi connectivity index (χ4n) is 1.43. The number of alkyl halides is 3. The number of hydrogen-bond donors (Lipinski definition) is 0. The first kappa shape index (κ1) is 14.8. The van der Waals surface area contributed by atoms with Crippen molar-refractivity contribution in [2.24, 2.45) is 0 Å². The predicted octanol–water partition coefficient (Wildman–Crippen LogP) is 3.53. The molecule has 0 aliphatic carbocycles. The van der Waals surface area contributed by atoms with Crippen LogP contribution >= 0.6 is 0 Å². The number of hydrogen-bond acceptors (Lipinski definition) is 2. The molecule has 19 heavy (non-hydrogen) atoms. The smallest absolute Gasteiger partial charge is 0.416 e. The van der Waals surface area contributed by atoms with Crippen LogP contribution in [0.25, 0.3) is 10.4 Å². The van der Waals surface area contributed by atoms with Gasteiger partial charge in [-0.3, -0.25) is 4.79 Å². The molecule has 3 nitrogen and oxygen atoms in total. The molecule has 0 aliphatic heterocycles. The molecule has 0 atom stereocenters. The zero-order valence-electron chi connectivity index (χ0n) is 10.2. The van der Waals surface area contributed by atoms with Gasteiger partial charge in [0.1, 0.15) is 0 Å². The molecule has 0 N–H and O–H groups in total. The second kappa shape index (κ2) is 5.57. The van der Waals surface area contributed by atoms with Crippen molar-refractivity contribution in [1.29, 1.82) is 0 Å². The molecular weight excluding hydrogens is 259 g/mol. The van der Waals surface area contributed by atoms with Crippen LogP contribution in [0.5, 0.6) is 0 Å². The molecule has 1 aromatic rings. The van der Waals surface area contributed by atoms with Gasteiger partial charge in [-0.05, 0) is 30.2 Å². The van der Waals surface area contributed by atoms with Crippen molar-refractivity contribution >= 4 is 11.5 Å². The second-order valence-electron chi connectivity index (χ2n) is 3.65. The van der Waals surface area contributed by atoms with Crippen molar-refractivity contribution < 1.29 is 22.7 Å². The standard InChI is InChI=1S/C13H10F3NO2/c1-8(11(17-2)12(18)19-3)9-4-6-10(7-5-9)13(14,15)16/h4-7H,1,3H3/b11-8-. The summed E-state index contributed by atoms with van der Waals surface area (Å²) in [6.45, 7) is 8.38. The molecule has 6 heteroatoms. The van der Waals surface area contributed by atoms with Crippen LogP contribution in [0.1, 0.15) is 18.1 Å². The van der Waals surface area contributed by atoms with Gasteiger partial charge in [0.05, 0.1) is 19.2 Å². The number of benzene rings is 1. The number of ether oxygens (including phenoxy) is 1. The minimum atomic E-state index is -4.42. The van der Waals surface area contributed by atoms with Crippen LogP contribution in [0.3, 0.4) is 0 Å². The van der Waals surface area contributed by atoms with E-state index >= 15 is 0 Å². The zero-order chi connectivity index (χ0) is 14.6. The summed E-state index contributed by atoms with van der Waals surface area (Å²) < 4.78 is 41.6. The van der Waals surface area contributed by atoms with Crippen molar-refractivity contribution in [2.75, 3.05) is 7.11 Å². The average Bonchev–Trinajstić information content (AvgIpc) is 2.38. The number of esters is 1. The topological polar surface area (TPSA) is 30.7 Å². The highest BCUT2D eigenvalue weighted by Crippen LogP contribution is 2.30. The van der Waals surface area contributed by atoms with Gasteiger partial charge in [0.15, 0.2) is 0 Å². The molecule has 1 aromatic carbocycles. The quantitative estimate of drug-likeness (QED) is 0.467. The number of carbonyl (C=O) groups is 1. The fourth-order valence-corrected chi connectivity index (χ4v) is 1.43. The Balaban J connectivity index is 3.21. The van der Waals surface area contributed by atoms with E-state index in [1.54, 1.807) is 0 Å². The highest BCUT2D eigenvalue weighted by atomic mass is 19.4. The third-order valence-corrected chi connectivity index (χ3v) is 2.49. The van der Waals surface area contributed by atoms with Gasteiger partial charge in [-0.2, -0.15) is 13.2 Å². The van der Waals surface area contributed by atoms with E-state index in [-0.39, 0.29) is 11.3 Å². The molecule has 0 unspecified atom stereocenters. The Morgan fingerprint density at radius 3 is 2.16 bits per heavy atom. The number of halogens is 3. The van der Waals surface area contributed by atoms with Gasteiger partial charge in [0, 0.05) is 0 Å². The molecule has 0 radical (unpaired) electrons. The lowest BCUT2D eigenvalue weighted by Gasteiger charge is -2.09. The first-order valence-corrected chi connectivity index (χ1v) is 5.15. The van der Waals surface area contributed by atoms with E-state index in [0.29, 0.717) is 5.56 Å². The van der Waals surface area contributed by atoms with E-state index in [2.05, 4.69) is 9.58 Å². The Hall–Kier alpha value is -2.29. The SMILES string of the molecule is [C-]#[N+]/C(C(=O)OC)=C(/C)c1ccc(C(F)(F)F)cc1. The van der Waals surface area contributed by atoms with Crippen molar-refractivity contribution in [2.45, 2.75) is 13.1 Å². The summed E-state index contributed by atoms with van der Waals surface area (Å²) in [6, 6.07) is 4.23. The van der Waals surface area contributed by atoms with Crippen LogP contribution in [0.4, 0.5) is 13.2 Å². The van der Waals surface area contributed by atoms with Crippen molar-refractivity contribution in [3.05, 3.63) is 52.5 Å². The highest BCUT2D eigenvalue weighted by Gasteiger charge is 2.30. The summed E-state index contributed by atoms with van der Waals surface area (Å²) in [7, 11) is 1.13. The molecule has 0 amide bonds. The van der Waals surface area contributed by atoms with Crippen LogP contribution in [-0.2, 0) is 15.7 Å². The largest absolute Gasteiger partial charge is 0.474 e. The molecule has 0 saturated heterocycles. The highest BCUT2D eigenvalue weighted by molar-refractivity contribution is 5.99. The summed E-state index contributed by atoms with van der Waals surface area (Å²) in [5.41, 5.74) is -0.395. The van der Waals surface area contributed by atoms with Gasteiger partial charge in [0.25, 0.3) is 5.70 Å². The lowest BCUT2D eigenvalue weighted by Crippen LogP contribution is -2.05. The molecule has 0 aromatic heterocycles. The minimum Gasteiger partial charge on any atom is -0.474 e. The van der Waals surface area contributed by atoms with Crippen LogP contribution < -0.4 is 0 Å². The summed E-state index contributed by atoms with van der Waals surface area (Å²) in [5.74, 6) is -0.813. The van der Waals surface area contributed by atoms with Gasteiger partial charge in [-0.15, -0.1) is 0 Å². The van der Waals surface area contributed by atoms with E-state index in [4.69, 9.17) is 6.57 Å². The average molecular weight is 269 g/mol. The Labute approximate surface area is 108 Å². The molecule has 0 bridgehead atoms. The first-order valence-electron chi connectivity index (χ1n) is 5.15. The minimum absolute atomic E-state index is 0.248. The molecule has 1 rings (SSSR count). The predicted molar refractivity (Wildman–Crippen MR) is 62.7 cm³/mol. The van der Waals surface area contributed by atoms with E-state index in [1.807, 2.05) is 0 Å². The van der Waals surface area contributed by atoms with Crippen molar-refractivity contribution in [3.8, 4) is 0 Å². The van der Waals surface area contributed by atoms with Crippen LogP contribution in [0.2, 0.25) is 0 Å². The van der Waals surface area contributed by atoms with Crippen molar-refractivity contribution in [1.82, 2.24) is 0 Å². The number of carbonyl (C=O) groups excluding carboxylic acids is 1. The van der Waals surface area contributed by atoms with Gasteiger partial charge in [-0.25, -0.2) is 4.85 Å². The molecule has 0 saturated carbocycles. The third-order valence-electron chi connectivity index (χ3n) is 2.49. The van der Waals surface area contributed by atoms with Gasteiger partial charge >= 0.3 is 12.1 Å². The Morgan fingerprint density at radius 1 is 1.26 bits per heavy atom. The third kappa shape index (κ3) is 3.35. The van der Waals surface area contributed by atoms with E-state index < -0.39 is 17.7 Å². The Bertz CT molecular complexity index is 551. The van der Waals surface area contributed by atoms with Gasteiger partial charge in [0.2, 0.25) is 0 Å². The van der Waals surface area contributed by atoms with E-state index in [9.17, 15) is 18.0 Å². The van der Waals surface area contributed by atoms with Gasteiger partial charge < -0.3 is 4.74 Å². The molecule has 0 spiro atoms. The van der Waals surface area contributed by atoms with Gasteiger partial charge in [-0.1, -0.05) is 12.1 Å². The molecule has 100 valence electrons. The number of rotatable bonds is 2. The molecule has 0 heterocycles. The first-order chi connectivity index (χ1) is 8.81. The lowest BCUT2D eigenvalue weighted by molar-refractivity contribution is -0.137. The normalized spacial score (nSPS) is 12.4. The maximum atomic E-state index is 12.4. The maximum absolute atomic E-state index is 12.4. The van der Waals surface area contributed by atoms with E-state index in [0.717, 1.165) is 19.2 Å². The molecule has 0 fully saturated rings. The number of allylic oxidation sites excluding steroid dienone is 1. The van der Waals surface area contributed by atoms with Crippen molar-refractivity contribution in [3.63, 3.8) is 0 Å². The lowest BCUT2D eigenvalue weighted by atomic mass is 10.0. The van der Waals surface area contributed by atoms with E-state index in [1.165, 1.54) is 19.1 Å². The monoisotopic (exact) mass is 269 g/mol. The fraction of sp³-hybridized carbons (Fsp3) is 0.231. The van der Waals surface area contributed by atoms with Crippen LogP contribution in [-0.4, -0.2) is 13.1 Å². The zero-order valence-corrected chi connectivity index (χ0v) is 10.2. The molecule has 0 aliphatic rings. The number of methoxy groups -OCH3 is 1. The second-order valence-corrected chi connectivity index (χ2v) is 3.65. The summed E-state index contributed by atoms with van der Waals surface area (Å²) >= 11 is 0. The number of nitrogens with zero attached hydrogens (tertiary/aromatic N) is 1. The Kier molecular flexibility index (Phi) is 4.33. The summed E-state index contributed by atoms with van der Waals surface area (Å²) in [5, 5.41) is 0. The summed E-state index contributed by atoms with van der Waals surface area (Å²) in [6.07, 6.45) is -4.42.